The lowest BCUT2D eigenvalue weighted by molar-refractivity contribution is 0.597. The van der Waals surface area contributed by atoms with Crippen LogP contribution in [0.25, 0.3) is 44.5 Å². The molecule has 42 heavy (non-hydrogen) atoms. The normalized spacial score (nSPS) is 24.2. The van der Waals surface area contributed by atoms with E-state index in [0.29, 0.717) is 18.0 Å². The molecule has 2 aromatic heterocycles. The van der Waals surface area contributed by atoms with Gasteiger partial charge in [-0.3, -0.25) is 0 Å². The molecule has 0 bridgehead atoms. The highest BCUT2D eigenvalue weighted by Gasteiger charge is 2.26. The van der Waals surface area contributed by atoms with Gasteiger partial charge >= 0.3 is 0 Å². The van der Waals surface area contributed by atoms with E-state index in [1.54, 1.807) is 0 Å². The van der Waals surface area contributed by atoms with E-state index in [1.165, 1.54) is 65.5 Å². The molecule has 4 atom stereocenters. The van der Waals surface area contributed by atoms with Gasteiger partial charge in [0.15, 0.2) is 0 Å². The van der Waals surface area contributed by atoms with Crippen molar-refractivity contribution in [3.05, 3.63) is 84.1 Å². The first-order chi connectivity index (χ1) is 20.7. The fourth-order valence-electron chi connectivity index (χ4n) is 7.53. The highest BCUT2D eigenvalue weighted by Crippen LogP contribution is 2.44. The molecule has 4 N–H and O–H groups in total. The molecule has 8 rings (SSSR count). The van der Waals surface area contributed by atoms with Crippen molar-refractivity contribution in [2.24, 2.45) is 5.92 Å². The summed E-state index contributed by atoms with van der Waals surface area (Å²) >= 11 is 0. The second kappa shape index (κ2) is 10.8. The molecule has 1 aliphatic carbocycles. The minimum Gasteiger partial charge on any atom is -0.341 e. The minimum absolute atomic E-state index is 0.349. The fourth-order valence-corrected chi connectivity index (χ4v) is 7.53. The lowest BCUT2D eigenvalue weighted by atomic mass is 9.86. The number of imidazole rings is 2. The van der Waals surface area contributed by atoms with E-state index >= 15 is 0 Å². The first kappa shape index (κ1) is 25.9. The van der Waals surface area contributed by atoms with Gasteiger partial charge in [0.2, 0.25) is 0 Å². The lowest BCUT2D eigenvalue weighted by Crippen LogP contribution is -2.14. The number of aromatic amines is 2. The quantitative estimate of drug-likeness (QED) is 0.171. The van der Waals surface area contributed by atoms with Crippen LogP contribution in [0.2, 0.25) is 0 Å². The van der Waals surface area contributed by atoms with Gasteiger partial charge in [0.05, 0.1) is 35.0 Å². The molecule has 4 unspecified atom stereocenters. The molecule has 1 saturated carbocycles. The van der Waals surface area contributed by atoms with Gasteiger partial charge in [-0.05, 0) is 109 Å². The maximum absolute atomic E-state index is 5.01. The first-order valence-corrected chi connectivity index (χ1v) is 15.9. The van der Waals surface area contributed by atoms with Crippen molar-refractivity contribution in [3.8, 4) is 33.5 Å². The molecule has 3 fully saturated rings. The number of hydrogen-bond donors (Lipinski definition) is 4. The number of aromatic nitrogens is 4. The molecule has 2 aliphatic heterocycles. The number of fused-ring (bicyclic) bond motifs is 1. The molecule has 5 aromatic rings. The largest absolute Gasteiger partial charge is 0.341 e. The van der Waals surface area contributed by atoms with Gasteiger partial charge in [-0.1, -0.05) is 61.9 Å². The van der Waals surface area contributed by atoms with Gasteiger partial charge in [0.25, 0.3) is 0 Å². The highest BCUT2D eigenvalue weighted by atomic mass is 15.0. The van der Waals surface area contributed by atoms with Gasteiger partial charge in [-0.25, -0.2) is 9.97 Å². The monoisotopic (exact) mass is 556 g/mol. The molecular formula is C36H40N6. The Bertz CT molecular complexity index is 1700. The number of benzene rings is 3. The Hall–Kier alpha value is -3.74. The number of H-pyrrole nitrogens is 2. The Morgan fingerprint density at radius 3 is 2.17 bits per heavy atom. The zero-order valence-corrected chi connectivity index (χ0v) is 24.4. The van der Waals surface area contributed by atoms with Crippen LogP contribution < -0.4 is 10.6 Å². The van der Waals surface area contributed by atoms with Gasteiger partial charge in [-0.15, -0.1) is 0 Å². The zero-order chi connectivity index (χ0) is 28.0. The summed E-state index contributed by atoms with van der Waals surface area (Å²) < 4.78 is 0. The second-order valence-electron chi connectivity index (χ2n) is 12.8. The minimum atomic E-state index is 0.349. The number of rotatable bonds is 6. The van der Waals surface area contributed by atoms with E-state index in [-0.39, 0.29) is 0 Å². The first-order valence-electron chi connectivity index (χ1n) is 15.9. The molecule has 3 aromatic carbocycles. The summed E-state index contributed by atoms with van der Waals surface area (Å²) in [6, 6.07) is 23.6. The Morgan fingerprint density at radius 1 is 0.690 bits per heavy atom. The van der Waals surface area contributed by atoms with Crippen LogP contribution in [0, 0.1) is 5.92 Å². The Kier molecular flexibility index (Phi) is 6.69. The van der Waals surface area contributed by atoms with Crippen molar-refractivity contribution >= 4 is 11.0 Å². The Morgan fingerprint density at radius 2 is 1.43 bits per heavy atom. The molecule has 6 heteroatoms. The second-order valence-corrected chi connectivity index (χ2v) is 12.8. The zero-order valence-electron chi connectivity index (χ0n) is 24.4. The van der Waals surface area contributed by atoms with Crippen molar-refractivity contribution < 1.29 is 0 Å². The predicted octanol–water partition coefficient (Wildman–Crippen LogP) is 8.04. The van der Waals surface area contributed by atoms with E-state index < -0.39 is 0 Å². The molecular weight excluding hydrogens is 516 g/mol. The van der Waals surface area contributed by atoms with Crippen LogP contribution in [0.5, 0.6) is 0 Å². The third kappa shape index (κ3) is 4.87. The summed E-state index contributed by atoms with van der Waals surface area (Å²) in [4.78, 5) is 16.8. The molecule has 3 aliphatic rings. The topological polar surface area (TPSA) is 81.4 Å². The number of nitrogens with zero attached hydrogens (tertiary/aromatic N) is 2. The van der Waals surface area contributed by atoms with Crippen molar-refractivity contribution in [2.75, 3.05) is 13.1 Å². The average Bonchev–Trinajstić information content (AvgIpc) is 3.85. The Labute approximate surface area is 247 Å². The molecule has 2 saturated heterocycles. The van der Waals surface area contributed by atoms with Crippen molar-refractivity contribution in [3.63, 3.8) is 0 Å². The maximum atomic E-state index is 5.01. The van der Waals surface area contributed by atoms with Crippen LogP contribution in [-0.4, -0.2) is 33.0 Å². The van der Waals surface area contributed by atoms with Crippen LogP contribution in [0.15, 0.2) is 66.9 Å². The van der Waals surface area contributed by atoms with Crippen molar-refractivity contribution in [1.82, 2.24) is 30.6 Å². The van der Waals surface area contributed by atoms with E-state index in [9.17, 15) is 0 Å². The van der Waals surface area contributed by atoms with Gasteiger partial charge in [-0.2, -0.15) is 0 Å². The van der Waals surface area contributed by atoms with Crippen molar-refractivity contribution in [1.29, 1.82) is 0 Å². The van der Waals surface area contributed by atoms with E-state index in [0.717, 1.165) is 60.2 Å². The summed E-state index contributed by atoms with van der Waals surface area (Å²) in [5, 5.41) is 7.11. The molecule has 0 spiro atoms. The number of hydrogen-bond acceptors (Lipinski definition) is 4. The van der Waals surface area contributed by atoms with Crippen molar-refractivity contribution in [2.45, 2.75) is 69.9 Å². The van der Waals surface area contributed by atoms with Gasteiger partial charge < -0.3 is 20.6 Å². The lowest BCUT2D eigenvalue weighted by Gasteiger charge is -2.18. The summed E-state index contributed by atoms with van der Waals surface area (Å²) in [7, 11) is 0. The molecule has 4 heterocycles. The maximum Gasteiger partial charge on any atom is 0.124 e. The molecule has 214 valence electrons. The van der Waals surface area contributed by atoms with Crippen LogP contribution in [0.4, 0.5) is 0 Å². The van der Waals surface area contributed by atoms with E-state index in [1.807, 2.05) is 6.20 Å². The van der Waals surface area contributed by atoms with Crippen LogP contribution in [-0.2, 0) is 0 Å². The third-order valence-corrected chi connectivity index (χ3v) is 9.90. The van der Waals surface area contributed by atoms with E-state index in [4.69, 9.17) is 4.98 Å². The van der Waals surface area contributed by atoms with E-state index in [2.05, 4.69) is 93.2 Å². The smallest absolute Gasteiger partial charge is 0.124 e. The summed E-state index contributed by atoms with van der Waals surface area (Å²) in [5.41, 5.74) is 11.1. The Balaban J connectivity index is 1.11. The molecule has 6 nitrogen and oxygen atoms in total. The molecule has 0 amide bonds. The molecule has 0 radical (unpaired) electrons. The fraction of sp³-hybridized carbons (Fsp3) is 0.389. The van der Waals surface area contributed by atoms with Crippen LogP contribution in [0.1, 0.15) is 87.1 Å². The van der Waals surface area contributed by atoms with Gasteiger partial charge in [0, 0.05) is 0 Å². The van der Waals surface area contributed by atoms with Gasteiger partial charge in [0.1, 0.15) is 11.6 Å². The summed E-state index contributed by atoms with van der Waals surface area (Å²) in [5.74, 6) is 3.50. The third-order valence-electron chi connectivity index (χ3n) is 9.90. The number of nitrogens with one attached hydrogen (secondary N) is 4. The SMILES string of the molecule is CC1CCC(c2cc(-c3ccc(-c4cnc(C5CCCN5)[nH]4)cc3)ccc2-c2ccc3[nH]c(C4CCCN4)nc3c2)C1. The summed E-state index contributed by atoms with van der Waals surface area (Å²) in [6.45, 7) is 4.56. The van der Waals surface area contributed by atoms with Crippen LogP contribution in [0.3, 0.4) is 0 Å². The highest BCUT2D eigenvalue weighted by molar-refractivity contribution is 5.84. The standard InChI is InChI=1S/C36H40N6/c1-22-6-7-26(18-22)29-19-25(23-8-10-24(11-9-23)34-21-39-35(42-34)31-4-2-16-37-31)12-14-28(29)27-13-15-30-33(20-27)41-36(40-30)32-5-3-17-38-32/h8-15,19-22,26,31-32,37-38H,2-7,16-18H2,1H3,(H,39,42)(H,40,41). The summed E-state index contributed by atoms with van der Waals surface area (Å²) in [6.07, 6.45) is 10.5. The van der Waals surface area contributed by atoms with Crippen LogP contribution >= 0.6 is 0 Å². The average molecular weight is 557 g/mol. The predicted molar refractivity (Wildman–Crippen MR) is 170 cm³/mol.